The van der Waals surface area contributed by atoms with E-state index < -0.39 is 0 Å². The third-order valence-corrected chi connectivity index (χ3v) is 3.54. The molecule has 1 aromatic carbocycles. The van der Waals surface area contributed by atoms with Gasteiger partial charge >= 0.3 is 0 Å². The number of rotatable bonds is 10. The molecule has 0 bridgehead atoms. The lowest BCUT2D eigenvalue weighted by Crippen LogP contribution is -2.20. The van der Waals surface area contributed by atoms with Crippen LogP contribution in [0.4, 0.5) is 0 Å². The van der Waals surface area contributed by atoms with E-state index in [1.807, 2.05) is 0 Å². The number of benzene rings is 1. The molecule has 0 aliphatic rings. The highest BCUT2D eigenvalue weighted by Gasteiger charge is 2.11. The molecule has 0 heterocycles. The van der Waals surface area contributed by atoms with Gasteiger partial charge in [0.25, 0.3) is 0 Å². The van der Waals surface area contributed by atoms with Crippen molar-refractivity contribution in [1.82, 2.24) is 0 Å². The van der Waals surface area contributed by atoms with Crippen molar-refractivity contribution in [2.75, 3.05) is 6.61 Å². The van der Waals surface area contributed by atoms with Gasteiger partial charge in [-0.25, -0.2) is 0 Å². The topological polar surface area (TPSA) is 18.5 Å². The second-order valence-electron chi connectivity index (χ2n) is 6.86. The Bertz CT molecular complexity index is 418. The first-order valence-electron chi connectivity index (χ1n) is 8.70. The van der Waals surface area contributed by atoms with E-state index in [0.29, 0.717) is 6.61 Å². The van der Waals surface area contributed by atoms with Crippen LogP contribution in [-0.4, -0.2) is 12.2 Å². The van der Waals surface area contributed by atoms with E-state index in [-0.39, 0.29) is 5.60 Å². The molecule has 2 heteroatoms. The summed E-state index contributed by atoms with van der Waals surface area (Å²) in [6.07, 6.45) is 7.13. The van der Waals surface area contributed by atoms with E-state index >= 15 is 0 Å². The molecule has 0 spiro atoms. The fourth-order valence-electron chi connectivity index (χ4n) is 2.25. The van der Waals surface area contributed by atoms with Crippen LogP contribution in [0.25, 0.3) is 0 Å². The maximum absolute atomic E-state index is 5.84. The van der Waals surface area contributed by atoms with Gasteiger partial charge in [0, 0.05) is 0 Å². The van der Waals surface area contributed by atoms with Crippen LogP contribution in [0.2, 0.25) is 0 Å². The predicted octanol–water partition coefficient (Wildman–Crippen LogP) is 5.73. The monoisotopic (exact) mass is 305 g/mol. The van der Waals surface area contributed by atoms with Crippen LogP contribution in [0.3, 0.4) is 0 Å². The van der Waals surface area contributed by atoms with E-state index in [9.17, 15) is 0 Å². The molecule has 0 atom stereocenters. The lowest BCUT2D eigenvalue weighted by Gasteiger charge is -2.19. The van der Waals surface area contributed by atoms with Gasteiger partial charge in [-0.15, -0.1) is 0 Å². The normalized spacial score (nSPS) is 11.7. The summed E-state index contributed by atoms with van der Waals surface area (Å²) in [5.41, 5.74) is 2.61. The lowest BCUT2D eigenvalue weighted by molar-refractivity contribution is -0.00206. The fourth-order valence-corrected chi connectivity index (χ4v) is 2.25. The number of hydrogen-bond acceptors (Lipinski definition) is 2. The van der Waals surface area contributed by atoms with Gasteiger partial charge in [0.05, 0.1) is 12.2 Å². The molecule has 1 aromatic rings. The van der Waals surface area contributed by atoms with E-state index in [0.717, 1.165) is 18.6 Å². The first-order chi connectivity index (χ1) is 10.5. The fraction of sp³-hybridized carbons (Fsp3) is 0.650. The predicted molar refractivity (Wildman–Crippen MR) is 94.3 cm³/mol. The number of ether oxygens (including phenoxy) is 2. The Morgan fingerprint density at radius 1 is 1.00 bits per heavy atom. The quantitative estimate of drug-likeness (QED) is 0.514. The van der Waals surface area contributed by atoms with Crippen molar-refractivity contribution in [2.24, 2.45) is 0 Å². The van der Waals surface area contributed by atoms with E-state index in [1.54, 1.807) is 6.61 Å². The van der Waals surface area contributed by atoms with Crippen LogP contribution in [-0.2, 0) is 17.6 Å². The zero-order valence-electron chi connectivity index (χ0n) is 15.1. The van der Waals surface area contributed by atoms with Crippen molar-refractivity contribution in [3.8, 4) is 5.75 Å². The summed E-state index contributed by atoms with van der Waals surface area (Å²) >= 11 is 0. The molecule has 0 amide bonds. The molecule has 0 fully saturated rings. The maximum atomic E-state index is 5.84. The molecule has 0 N–H and O–H groups in total. The van der Waals surface area contributed by atoms with Crippen molar-refractivity contribution < 1.29 is 9.47 Å². The lowest BCUT2D eigenvalue weighted by atomic mass is 10.0. The van der Waals surface area contributed by atoms with Gasteiger partial charge < -0.3 is 9.47 Å². The summed E-state index contributed by atoms with van der Waals surface area (Å²) in [4.78, 5) is 0. The van der Waals surface area contributed by atoms with Crippen LogP contribution < -0.4 is 4.74 Å². The highest BCUT2D eigenvalue weighted by Crippen LogP contribution is 2.24. The Balaban J connectivity index is 2.62. The van der Waals surface area contributed by atoms with E-state index in [2.05, 4.69) is 52.8 Å². The third kappa shape index (κ3) is 7.84. The summed E-state index contributed by atoms with van der Waals surface area (Å²) in [7, 11) is 0. The zero-order valence-corrected chi connectivity index (χ0v) is 15.1. The third-order valence-electron chi connectivity index (χ3n) is 3.54. The second kappa shape index (κ2) is 9.89. The highest BCUT2D eigenvalue weighted by atomic mass is 16.5. The molecule has 0 unspecified atom stereocenters. The number of unbranched alkanes of at least 4 members (excludes halogenated alkanes) is 2. The Morgan fingerprint density at radius 3 is 2.32 bits per heavy atom. The molecule has 1 radical (unpaired) electrons. The van der Waals surface area contributed by atoms with E-state index in [4.69, 9.17) is 9.47 Å². The van der Waals surface area contributed by atoms with Crippen LogP contribution in [0.1, 0.15) is 71.4 Å². The van der Waals surface area contributed by atoms with Crippen LogP contribution in [0, 0.1) is 6.61 Å². The molecule has 0 aromatic heterocycles. The molecule has 0 saturated heterocycles. The molecule has 0 aliphatic carbocycles. The Kier molecular flexibility index (Phi) is 8.55. The van der Waals surface area contributed by atoms with Gasteiger partial charge in [0.1, 0.15) is 5.75 Å². The minimum absolute atomic E-state index is 0.130. The summed E-state index contributed by atoms with van der Waals surface area (Å²) in [5.74, 6) is 0.978. The Hall–Kier alpha value is -1.02. The van der Waals surface area contributed by atoms with Gasteiger partial charge in [-0.2, -0.15) is 0 Å². The molecule has 1 rings (SSSR count). The van der Waals surface area contributed by atoms with Gasteiger partial charge in [-0.1, -0.05) is 38.8 Å². The second-order valence-corrected chi connectivity index (χ2v) is 6.86. The number of hydrogen-bond donors (Lipinski definition) is 0. The van der Waals surface area contributed by atoms with Gasteiger partial charge in [-0.05, 0) is 63.6 Å². The van der Waals surface area contributed by atoms with Crippen molar-refractivity contribution in [2.45, 2.75) is 78.7 Å². The molecule has 125 valence electrons. The summed E-state index contributed by atoms with van der Waals surface area (Å²) in [5, 5.41) is 0. The minimum atomic E-state index is -0.130. The molecular formula is C20H33O2. The number of aryl methyl sites for hydroxylation is 2. The van der Waals surface area contributed by atoms with E-state index in [1.165, 1.54) is 36.8 Å². The highest BCUT2D eigenvalue weighted by molar-refractivity contribution is 5.38. The Morgan fingerprint density at radius 2 is 1.68 bits per heavy atom. The maximum Gasteiger partial charge on any atom is 0.161 e. The molecular weight excluding hydrogens is 272 g/mol. The van der Waals surface area contributed by atoms with Gasteiger partial charge in [0.2, 0.25) is 0 Å². The molecule has 0 aliphatic heterocycles. The SMILES string of the molecule is CCCCc1ccc(O[CH]COC(C)(C)C)c(CCCC)c1. The smallest absolute Gasteiger partial charge is 0.161 e. The van der Waals surface area contributed by atoms with Crippen molar-refractivity contribution >= 4 is 0 Å². The van der Waals surface area contributed by atoms with Crippen LogP contribution in [0.5, 0.6) is 5.75 Å². The first-order valence-corrected chi connectivity index (χ1v) is 8.70. The average molecular weight is 305 g/mol. The van der Waals surface area contributed by atoms with Crippen molar-refractivity contribution in [3.63, 3.8) is 0 Å². The molecule has 2 nitrogen and oxygen atoms in total. The minimum Gasteiger partial charge on any atom is -0.484 e. The summed E-state index contributed by atoms with van der Waals surface area (Å²) in [6.45, 7) is 12.9. The largest absolute Gasteiger partial charge is 0.484 e. The zero-order chi connectivity index (χ0) is 16.4. The standard InChI is InChI=1S/C20H33O2/c1-6-8-10-17-12-13-19(18(16-17)11-9-7-2)21-14-15-22-20(3,4)5/h12-14,16H,6-11,15H2,1-5H3. The van der Waals surface area contributed by atoms with Crippen molar-refractivity contribution in [3.05, 3.63) is 35.9 Å². The van der Waals surface area contributed by atoms with Gasteiger partial charge in [-0.3, -0.25) is 0 Å². The molecule has 22 heavy (non-hydrogen) atoms. The average Bonchev–Trinajstić information content (AvgIpc) is 2.47. The van der Waals surface area contributed by atoms with Gasteiger partial charge in [0.15, 0.2) is 6.61 Å². The summed E-state index contributed by atoms with van der Waals surface area (Å²) < 4.78 is 11.5. The first kappa shape index (κ1) is 19.0. The summed E-state index contributed by atoms with van der Waals surface area (Å²) in [6, 6.07) is 6.63. The van der Waals surface area contributed by atoms with Crippen LogP contribution >= 0.6 is 0 Å². The van der Waals surface area contributed by atoms with Crippen molar-refractivity contribution in [1.29, 1.82) is 0 Å². The molecule has 0 saturated carbocycles. The Labute approximate surface area is 137 Å². The van der Waals surface area contributed by atoms with Crippen LogP contribution in [0.15, 0.2) is 18.2 Å².